The fourth-order valence-corrected chi connectivity index (χ4v) is 2.85. The van der Waals surface area contributed by atoms with E-state index in [1.807, 2.05) is 12.2 Å². The molecule has 0 aromatic heterocycles. The molecule has 1 aromatic carbocycles. The molecule has 1 N–H and O–H groups in total. The molecule has 0 radical (unpaired) electrons. The van der Waals surface area contributed by atoms with Gasteiger partial charge in [-0.1, -0.05) is 12.2 Å². The molecule has 2 unspecified atom stereocenters. The molecule has 2 amide bonds. The minimum Gasteiger partial charge on any atom is -0.505 e. The number of fused-ring (bicyclic) bond motifs is 1. The molecule has 1 aliphatic heterocycles. The van der Waals surface area contributed by atoms with Crippen molar-refractivity contribution < 1.29 is 19.6 Å². The van der Waals surface area contributed by atoms with Crippen LogP contribution in [0.3, 0.4) is 0 Å². The van der Waals surface area contributed by atoms with E-state index in [2.05, 4.69) is 0 Å². The number of phenolic OH excluding ortho intramolecular Hbond substituents is 1. The molecule has 3 rings (SSSR count). The number of non-ortho nitro benzene ring substituents is 1. The summed E-state index contributed by atoms with van der Waals surface area (Å²) in [6, 6.07) is 3.33. The van der Waals surface area contributed by atoms with Gasteiger partial charge in [0.05, 0.1) is 28.5 Å². The van der Waals surface area contributed by atoms with Gasteiger partial charge >= 0.3 is 0 Å². The van der Waals surface area contributed by atoms with E-state index < -0.39 is 22.5 Å². The zero-order chi connectivity index (χ0) is 15.1. The van der Waals surface area contributed by atoms with Gasteiger partial charge in [0.2, 0.25) is 11.8 Å². The zero-order valence-corrected chi connectivity index (χ0v) is 10.9. The molecular formula is C14H12N2O5. The largest absolute Gasteiger partial charge is 0.505 e. The van der Waals surface area contributed by atoms with Crippen molar-refractivity contribution in [3.63, 3.8) is 0 Å². The van der Waals surface area contributed by atoms with Gasteiger partial charge in [-0.25, -0.2) is 4.90 Å². The summed E-state index contributed by atoms with van der Waals surface area (Å²) in [6.07, 6.45) is 4.73. The molecule has 1 saturated heterocycles. The van der Waals surface area contributed by atoms with Crippen LogP contribution in [0.15, 0.2) is 30.4 Å². The number of nitro benzene ring substituents is 1. The van der Waals surface area contributed by atoms with Gasteiger partial charge in [-0.05, 0) is 18.9 Å². The Morgan fingerprint density at radius 2 is 1.71 bits per heavy atom. The van der Waals surface area contributed by atoms with Gasteiger partial charge in [0.25, 0.3) is 5.69 Å². The van der Waals surface area contributed by atoms with Gasteiger partial charge < -0.3 is 5.11 Å². The topological polar surface area (TPSA) is 101 Å². The zero-order valence-electron chi connectivity index (χ0n) is 10.9. The van der Waals surface area contributed by atoms with E-state index in [1.165, 1.54) is 6.07 Å². The number of rotatable bonds is 2. The summed E-state index contributed by atoms with van der Waals surface area (Å²) in [5.41, 5.74) is -0.292. The lowest BCUT2D eigenvalue weighted by atomic mass is 9.85. The Hall–Kier alpha value is -2.70. The summed E-state index contributed by atoms with van der Waals surface area (Å²) >= 11 is 0. The fourth-order valence-electron chi connectivity index (χ4n) is 2.85. The smallest absolute Gasteiger partial charge is 0.273 e. The summed E-state index contributed by atoms with van der Waals surface area (Å²) in [5.74, 6) is -1.98. The number of carbonyl (C=O) groups excluding carboxylic acids is 2. The lowest BCUT2D eigenvalue weighted by molar-refractivity contribution is -0.384. The Morgan fingerprint density at radius 1 is 1.14 bits per heavy atom. The van der Waals surface area contributed by atoms with Crippen molar-refractivity contribution >= 4 is 23.2 Å². The Balaban J connectivity index is 1.99. The number of anilines is 1. The fraction of sp³-hybridized carbons (Fsp3) is 0.286. The number of hydrogen-bond acceptors (Lipinski definition) is 5. The van der Waals surface area contributed by atoms with Crippen LogP contribution in [0.1, 0.15) is 12.8 Å². The predicted molar refractivity (Wildman–Crippen MR) is 72.6 cm³/mol. The van der Waals surface area contributed by atoms with Crippen LogP contribution in [-0.2, 0) is 9.59 Å². The van der Waals surface area contributed by atoms with E-state index in [4.69, 9.17) is 0 Å². The summed E-state index contributed by atoms with van der Waals surface area (Å²) in [6.45, 7) is 0. The maximum Gasteiger partial charge on any atom is 0.273 e. The number of aromatic hydroxyl groups is 1. The molecule has 21 heavy (non-hydrogen) atoms. The van der Waals surface area contributed by atoms with Crippen LogP contribution in [0, 0.1) is 22.0 Å². The van der Waals surface area contributed by atoms with E-state index in [9.17, 15) is 24.8 Å². The minimum atomic E-state index is -0.652. The van der Waals surface area contributed by atoms with Gasteiger partial charge in [0.1, 0.15) is 5.75 Å². The van der Waals surface area contributed by atoms with E-state index in [-0.39, 0.29) is 23.2 Å². The monoisotopic (exact) mass is 288 g/mol. The second-order valence-electron chi connectivity index (χ2n) is 5.10. The maximum absolute atomic E-state index is 12.3. The summed E-state index contributed by atoms with van der Waals surface area (Å²) in [5, 5.41) is 20.6. The van der Waals surface area contributed by atoms with E-state index in [0.717, 1.165) is 17.0 Å². The second-order valence-corrected chi connectivity index (χ2v) is 5.10. The average Bonchev–Trinajstić information content (AvgIpc) is 2.72. The molecule has 0 spiro atoms. The van der Waals surface area contributed by atoms with Crippen molar-refractivity contribution in [2.45, 2.75) is 12.8 Å². The third kappa shape index (κ3) is 1.97. The van der Waals surface area contributed by atoms with Gasteiger partial charge in [0, 0.05) is 6.07 Å². The van der Waals surface area contributed by atoms with Crippen molar-refractivity contribution in [1.82, 2.24) is 0 Å². The number of benzene rings is 1. The van der Waals surface area contributed by atoms with Crippen LogP contribution >= 0.6 is 0 Å². The number of imide groups is 1. The van der Waals surface area contributed by atoms with E-state index in [1.54, 1.807) is 0 Å². The standard InChI is InChI=1S/C14H12N2O5/c17-12-7-8(16(20)21)5-6-11(12)15-13(18)9-3-1-2-4-10(9)14(15)19/h1-2,5-7,9-10,17H,3-4H2. The SMILES string of the molecule is O=C1C2CC=CCC2C(=O)N1c1ccc([N+](=O)[O-])cc1O. The van der Waals surface area contributed by atoms with Crippen molar-refractivity contribution in [1.29, 1.82) is 0 Å². The molecule has 2 aliphatic rings. The molecule has 1 fully saturated rings. The van der Waals surface area contributed by atoms with Crippen molar-refractivity contribution in [2.75, 3.05) is 4.90 Å². The van der Waals surface area contributed by atoms with Crippen LogP contribution in [0.5, 0.6) is 5.75 Å². The molecule has 0 saturated carbocycles. The molecule has 7 nitrogen and oxygen atoms in total. The minimum absolute atomic E-state index is 0.00463. The van der Waals surface area contributed by atoms with Crippen LogP contribution in [0.4, 0.5) is 11.4 Å². The van der Waals surface area contributed by atoms with Gasteiger partial charge in [-0.15, -0.1) is 0 Å². The first-order chi connectivity index (χ1) is 10.0. The molecule has 1 aliphatic carbocycles. The highest BCUT2D eigenvalue weighted by molar-refractivity contribution is 6.22. The molecule has 1 aromatic rings. The Kier molecular flexibility index (Phi) is 2.97. The van der Waals surface area contributed by atoms with E-state index in [0.29, 0.717) is 12.8 Å². The van der Waals surface area contributed by atoms with Crippen LogP contribution in [0.25, 0.3) is 0 Å². The summed E-state index contributed by atoms with van der Waals surface area (Å²) in [7, 11) is 0. The molecule has 1 heterocycles. The van der Waals surface area contributed by atoms with Crippen LogP contribution in [0.2, 0.25) is 0 Å². The summed E-state index contributed by atoms with van der Waals surface area (Å²) < 4.78 is 0. The Morgan fingerprint density at radius 3 is 2.19 bits per heavy atom. The maximum atomic E-state index is 12.3. The second kappa shape index (κ2) is 4.69. The van der Waals surface area contributed by atoms with Crippen LogP contribution in [-0.4, -0.2) is 21.8 Å². The van der Waals surface area contributed by atoms with Gasteiger partial charge in [0.15, 0.2) is 0 Å². The number of carbonyl (C=O) groups is 2. The number of nitro groups is 1. The lowest BCUT2D eigenvalue weighted by Gasteiger charge is -2.15. The quantitative estimate of drug-likeness (QED) is 0.387. The molecule has 7 heteroatoms. The highest BCUT2D eigenvalue weighted by Gasteiger charge is 2.48. The first kappa shape index (κ1) is 13.3. The number of nitrogens with zero attached hydrogens (tertiary/aromatic N) is 2. The average molecular weight is 288 g/mol. The van der Waals surface area contributed by atoms with Gasteiger partial charge in [-0.2, -0.15) is 0 Å². The molecular weight excluding hydrogens is 276 g/mol. The van der Waals surface area contributed by atoms with Crippen molar-refractivity contribution in [3.8, 4) is 5.75 Å². The number of phenols is 1. The Bertz CT molecular complexity index is 656. The highest BCUT2D eigenvalue weighted by atomic mass is 16.6. The molecule has 108 valence electrons. The van der Waals surface area contributed by atoms with Gasteiger partial charge in [-0.3, -0.25) is 19.7 Å². The first-order valence-corrected chi connectivity index (χ1v) is 6.51. The highest BCUT2D eigenvalue weighted by Crippen LogP contribution is 2.41. The number of hydrogen-bond donors (Lipinski definition) is 1. The normalized spacial score (nSPS) is 24.3. The number of allylic oxidation sites excluding steroid dienone is 2. The third-order valence-corrected chi connectivity index (χ3v) is 3.92. The van der Waals surface area contributed by atoms with Crippen molar-refractivity contribution in [2.24, 2.45) is 11.8 Å². The third-order valence-electron chi connectivity index (χ3n) is 3.92. The first-order valence-electron chi connectivity index (χ1n) is 6.51. The Labute approximate surface area is 119 Å². The van der Waals surface area contributed by atoms with Crippen molar-refractivity contribution in [3.05, 3.63) is 40.5 Å². The predicted octanol–water partition coefficient (Wildman–Crippen LogP) is 1.76. The number of amides is 2. The molecule has 0 bridgehead atoms. The summed E-state index contributed by atoms with van der Waals surface area (Å²) in [4.78, 5) is 35.6. The van der Waals surface area contributed by atoms with E-state index >= 15 is 0 Å². The lowest BCUT2D eigenvalue weighted by Crippen LogP contribution is -2.30. The molecule has 2 atom stereocenters. The van der Waals surface area contributed by atoms with Crippen LogP contribution < -0.4 is 4.90 Å².